The Morgan fingerprint density at radius 3 is 2.47 bits per heavy atom. The number of anilines is 3. The van der Waals surface area contributed by atoms with Crippen molar-refractivity contribution in [2.45, 2.75) is 26.1 Å². The minimum Gasteiger partial charge on any atom is -0.406 e. The number of hydrogen-bond donors (Lipinski definition) is 1. The molecule has 0 radical (unpaired) electrons. The predicted molar refractivity (Wildman–Crippen MR) is 126 cm³/mol. The number of likely N-dealkylation sites (tertiary alicyclic amines) is 1. The number of nitrogens with zero attached hydrogens (tertiary/aromatic N) is 6. The van der Waals surface area contributed by atoms with E-state index in [1.807, 2.05) is 11.0 Å². The van der Waals surface area contributed by atoms with E-state index in [1.54, 1.807) is 31.3 Å². The summed E-state index contributed by atoms with van der Waals surface area (Å²) in [5, 5.41) is 2.96. The molecule has 3 aromatic rings. The van der Waals surface area contributed by atoms with E-state index in [-0.39, 0.29) is 22.9 Å². The molecule has 9 nitrogen and oxygen atoms in total. The number of piperidine rings is 1. The number of rotatable bonds is 5. The molecule has 0 aromatic carbocycles. The summed E-state index contributed by atoms with van der Waals surface area (Å²) in [4.78, 5) is 33.3. The molecule has 0 unspecified atom stereocenters. The van der Waals surface area contributed by atoms with Gasteiger partial charge in [0.15, 0.2) is 5.82 Å². The molecular formula is C24H24F3N7O2. The normalized spacial score (nSPS) is 17.0. The first kappa shape index (κ1) is 23.8. The number of nitrogens with one attached hydrogen (secondary N) is 1. The van der Waals surface area contributed by atoms with Crippen LogP contribution in [0, 0.1) is 5.41 Å². The molecule has 1 N–H and O–H groups in total. The Balaban J connectivity index is 1.38. The highest BCUT2D eigenvalue weighted by molar-refractivity contribution is 5.73. The Morgan fingerprint density at radius 1 is 1.03 bits per heavy atom. The van der Waals surface area contributed by atoms with Gasteiger partial charge in [-0.1, -0.05) is 6.07 Å². The maximum absolute atomic E-state index is 12.6. The van der Waals surface area contributed by atoms with Crippen LogP contribution in [0.25, 0.3) is 11.5 Å². The SMILES string of the molecule is CC(=O)N1CCC2(CC1)CN(c1cc(Nc3cc(OC(F)(F)F)ccn3)nc(-c3ccccn3)n1)C2. The van der Waals surface area contributed by atoms with Crippen LogP contribution in [0.4, 0.5) is 30.6 Å². The van der Waals surface area contributed by atoms with Gasteiger partial charge in [0.2, 0.25) is 5.91 Å². The van der Waals surface area contributed by atoms with Crippen LogP contribution in [-0.2, 0) is 4.79 Å². The Morgan fingerprint density at radius 2 is 1.81 bits per heavy atom. The Hall–Kier alpha value is -3.96. The van der Waals surface area contributed by atoms with Gasteiger partial charge in [-0.05, 0) is 31.0 Å². The highest BCUT2D eigenvalue weighted by Crippen LogP contribution is 2.42. The van der Waals surface area contributed by atoms with Gasteiger partial charge in [-0.3, -0.25) is 9.78 Å². The number of alkyl halides is 3. The van der Waals surface area contributed by atoms with E-state index < -0.39 is 6.36 Å². The van der Waals surface area contributed by atoms with Crippen LogP contribution >= 0.6 is 0 Å². The number of aromatic nitrogens is 4. The van der Waals surface area contributed by atoms with Crippen molar-refractivity contribution in [2.24, 2.45) is 5.41 Å². The maximum Gasteiger partial charge on any atom is 0.573 e. The Kier molecular flexibility index (Phi) is 6.10. The third-order valence-corrected chi connectivity index (χ3v) is 6.47. The lowest BCUT2D eigenvalue weighted by Gasteiger charge is -2.54. The van der Waals surface area contributed by atoms with E-state index in [0.29, 0.717) is 23.2 Å². The first-order chi connectivity index (χ1) is 17.2. The average molecular weight is 499 g/mol. The summed E-state index contributed by atoms with van der Waals surface area (Å²) >= 11 is 0. The summed E-state index contributed by atoms with van der Waals surface area (Å²) in [5.74, 6) is 1.28. The molecule has 0 atom stereocenters. The summed E-state index contributed by atoms with van der Waals surface area (Å²) in [5.41, 5.74) is 0.704. The van der Waals surface area contributed by atoms with Crippen LogP contribution in [0.1, 0.15) is 19.8 Å². The van der Waals surface area contributed by atoms with E-state index in [1.165, 1.54) is 6.20 Å². The predicted octanol–water partition coefficient (Wildman–Crippen LogP) is 4.02. The summed E-state index contributed by atoms with van der Waals surface area (Å²) in [6.45, 7) is 4.69. The second-order valence-electron chi connectivity index (χ2n) is 9.06. The molecule has 188 valence electrons. The van der Waals surface area contributed by atoms with Crippen molar-refractivity contribution in [3.63, 3.8) is 0 Å². The molecule has 0 bridgehead atoms. The number of ether oxygens (including phenoxy) is 1. The largest absolute Gasteiger partial charge is 0.573 e. The number of pyridine rings is 2. The second-order valence-corrected chi connectivity index (χ2v) is 9.06. The summed E-state index contributed by atoms with van der Waals surface area (Å²) in [7, 11) is 0. The molecule has 1 amide bonds. The standard InChI is InChI=1S/C24H24F3N7O2/c1-16(35)33-10-6-23(7-11-33)14-34(15-23)21-13-20(31-22(32-21)18-4-2-3-8-28-18)30-19-12-17(5-9-29-19)36-24(25,26)27/h2-5,8-9,12-13H,6-7,10-11,14-15H2,1H3,(H,29,30,31,32). The van der Waals surface area contributed by atoms with Gasteiger partial charge < -0.3 is 19.9 Å². The Labute approximate surface area is 205 Å². The smallest absolute Gasteiger partial charge is 0.406 e. The number of carbonyl (C=O) groups excluding carboxylic acids is 1. The highest BCUT2D eigenvalue weighted by Gasteiger charge is 2.45. The summed E-state index contributed by atoms with van der Waals surface area (Å²) < 4.78 is 41.9. The van der Waals surface area contributed by atoms with E-state index >= 15 is 0 Å². The fourth-order valence-electron chi connectivity index (χ4n) is 4.62. The molecule has 0 saturated carbocycles. The van der Waals surface area contributed by atoms with Crippen molar-refractivity contribution in [3.8, 4) is 17.3 Å². The lowest BCUT2D eigenvalue weighted by atomic mass is 9.72. The van der Waals surface area contributed by atoms with Crippen LogP contribution in [-0.4, -0.2) is 63.3 Å². The van der Waals surface area contributed by atoms with E-state index in [4.69, 9.17) is 4.98 Å². The van der Waals surface area contributed by atoms with Gasteiger partial charge >= 0.3 is 6.36 Å². The van der Waals surface area contributed by atoms with Gasteiger partial charge in [0.1, 0.15) is 28.9 Å². The summed E-state index contributed by atoms with van der Waals surface area (Å²) in [6, 6.07) is 9.41. The minimum absolute atomic E-state index is 0.103. The molecule has 5 rings (SSSR count). The van der Waals surface area contributed by atoms with Gasteiger partial charge in [-0.15, -0.1) is 13.2 Å². The van der Waals surface area contributed by atoms with E-state index in [9.17, 15) is 18.0 Å². The molecule has 2 saturated heterocycles. The molecule has 2 fully saturated rings. The van der Waals surface area contributed by atoms with Gasteiger partial charge in [-0.25, -0.2) is 15.0 Å². The third-order valence-electron chi connectivity index (χ3n) is 6.47. The van der Waals surface area contributed by atoms with Gasteiger partial charge in [-0.2, -0.15) is 0 Å². The molecular weight excluding hydrogens is 475 g/mol. The van der Waals surface area contributed by atoms with Crippen LogP contribution < -0.4 is 15.0 Å². The molecule has 3 aromatic heterocycles. The number of hydrogen-bond acceptors (Lipinski definition) is 8. The van der Waals surface area contributed by atoms with Crippen molar-refractivity contribution < 1.29 is 22.7 Å². The molecule has 5 heterocycles. The lowest BCUT2D eigenvalue weighted by Crippen LogP contribution is -2.61. The van der Waals surface area contributed by atoms with Crippen molar-refractivity contribution >= 4 is 23.4 Å². The zero-order valence-electron chi connectivity index (χ0n) is 19.5. The molecule has 1 spiro atoms. The second kappa shape index (κ2) is 9.25. The van der Waals surface area contributed by atoms with Crippen LogP contribution in [0.5, 0.6) is 5.75 Å². The van der Waals surface area contributed by atoms with Gasteiger partial charge in [0, 0.05) is 63.0 Å². The van der Waals surface area contributed by atoms with Gasteiger partial charge in [0.05, 0.1) is 0 Å². The monoisotopic (exact) mass is 499 g/mol. The minimum atomic E-state index is -4.80. The third kappa shape index (κ3) is 5.31. The number of halogens is 3. The topological polar surface area (TPSA) is 96.4 Å². The summed E-state index contributed by atoms with van der Waals surface area (Å²) in [6.07, 6.45) is -0.0807. The molecule has 2 aliphatic heterocycles. The first-order valence-corrected chi connectivity index (χ1v) is 11.5. The average Bonchev–Trinajstić information content (AvgIpc) is 2.82. The van der Waals surface area contributed by atoms with E-state index in [0.717, 1.165) is 51.2 Å². The fraction of sp³-hybridized carbons (Fsp3) is 0.375. The molecule has 2 aliphatic rings. The highest BCUT2D eigenvalue weighted by atomic mass is 19.4. The Bertz CT molecular complexity index is 1240. The van der Waals surface area contributed by atoms with Gasteiger partial charge in [0.25, 0.3) is 0 Å². The van der Waals surface area contributed by atoms with E-state index in [2.05, 4.69) is 29.9 Å². The lowest BCUT2D eigenvalue weighted by molar-refractivity contribution is -0.274. The van der Waals surface area contributed by atoms with Crippen LogP contribution in [0.3, 0.4) is 0 Å². The van der Waals surface area contributed by atoms with Crippen molar-refractivity contribution in [2.75, 3.05) is 36.4 Å². The number of carbonyl (C=O) groups is 1. The molecule has 12 heteroatoms. The zero-order valence-corrected chi connectivity index (χ0v) is 19.5. The number of amides is 1. The fourth-order valence-corrected chi connectivity index (χ4v) is 4.62. The first-order valence-electron chi connectivity index (χ1n) is 11.5. The van der Waals surface area contributed by atoms with Crippen LogP contribution in [0.15, 0.2) is 48.8 Å². The molecule has 0 aliphatic carbocycles. The quantitative estimate of drug-likeness (QED) is 0.562. The zero-order chi connectivity index (χ0) is 25.3. The van der Waals surface area contributed by atoms with Crippen molar-refractivity contribution in [1.29, 1.82) is 0 Å². The van der Waals surface area contributed by atoms with Crippen LogP contribution in [0.2, 0.25) is 0 Å². The van der Waals surface area contributed by atoms with Crippen molar-refractivity contribution in [3.05, 3.63) is 48.8 Å². The van der Waals surface area contributed by atoms with Crippen molar-refractivity contribution in [1.82, 2.24) is 24.8 Å². The maximum atomic E-state index is 12.6. The molecule has 36 heavy (non-hydrogen) atoms.